The molecular weight excluding hydrogens is 268 g/mol. The van der Waals surface area contributed by atoms with Crippen LogP contribution in [-0.4, -0.2) is 14.9 Å². The number of aryl methyl sites for hydroxylation is 1. The first-order valence-corrected chi connectivity index (χ1v) is 5.84. The minimum absolute atomic E-state index is 0.289. The van der Waals surface area contributed by atoms with E-state index in [-0.39, 0.29) is 5.75 Å². The van der Waals surface area contributed by atoms with Gasteiger partial charge in [0.1, 0.15) is 5.69 Å². The molecule has 0 saturated carbocycles. The number of aromatic nitrogens is 2. The molecule has 0 aliphatic heterocycles. The van der Waals surface area contributed by atoms with Crippen LogP contribution in [0.4, 0.5) is 0 Å². The molecule has 0 saturated heterocycles. The Morgan fingerprint density at radius 2 is 1.88 bits per heavy atom. The van der Waals surface area contributed by atoms with Gasteiger partial charge in [-0.1, -0.05) is 28.1 Å². The smallest absolute Gasteiger partial charge is 0.159 e. The molecule has 0 fully saturated rings. The summed E-state index contributed by atoms with van der Waals surface area (Å²) in [5, 5.41) is 13.9. The summed E-state index contributed by atoms with van der Waals surface area (Å²) in [6.45, 7) is 4.36. The van der Waals surface area contributed by atoms with E-state index in [0.29, 0.717) is 12.2 Å². The highest BCUT2D eigenvalue weighted by Crippen LogP contribution is 2.21. The second kappa shape index (κ2) is 4.29. The van der Waals surface area contributed by atoms with Crippen molar-refractivity contribution in [2.75, 3.05) is 0 Å². The SMILES string of the molecule is Cc1nn(Cc2ccc(Br)cc2)c(C)c1O. The van der Waals surface area contributed by atoms with Crippen molar-refractivity contribution in [2.45, 2.75) is 20.4 Å². The van der Waals surface area contributed by atoms with Crippen molar-refractivity contribution in [3.8, 4) is 5.75 Å². The molecule has 4 heteroatoms. The van der Waals surface area contributed by atoms with Crippen LogP contribution in [0.3, 0.4) is 0 Å². The van der Waals surface area contributed by atoms with Crippen LogP contribution >= 0.6 is 15.9 Å². The lowest BCUT2D eigenvalue weighted by molar-refractivity contribution is 0.465. The molecule has 0 aliphatic carbocycles. The van der Waals surface area contributed by atoms with E-state index in [1.54, 1.807) is 6.92 Å². The van der Waals surface area contributed by atoms with Crippen molar-refractivity contribution in [1.29, 1.82) is 0 Å². The highest BCUT2D eigenvalue weighted by Gasteiger charge is 2.09. The molecular formula is C12H13BrN2O. The van der Waals surface area contributed by atoms with E-state index in [1.165, 1.54) is 0 Å². The van der Waals surface area contributed by atoms with Crippen LogP contribution < -0.4 is 0 Å². The Morgan fingerprint density at radius 1 is 1.25 bits per heavy atom. The Balaban J connectivity index is 2.27. The average molecular weight is 281 g/mol. The van der Waals surface area contributed by atoms with Gasteiger partial charge in [0.2, 0.25) is 0 Å². The third-order valence-corrected chi connectivity index (χ3v) is 3.12. The van der Waals surface area contributed by atoms with Crippen molar-refractivity contribution in [2.24, 2.45) is 0 Å². The predicted octanol–water partition coefficient (Wildman–Crippen LogP) is 3.02. The van der Waals surface area contributed by atoms with Crippen LogP contribution in [0.25, 0.3) is 0 Å². The Labute approximate surface area is 103 Å². The summed E-state index contributed by atoms with van der Waals surface area (Å²) in [5.74, 6) is 0.289. The molecule has 0 amide bonds. The first-order valence-electron chi connectivity index (χ1n) is 5.05. The van der Waals surface area contributed by atoms with E-state index < -0.39 is 0 Å². The summed E-state index contributed by atoms with van der Waals surface area (Å²) in [6, 6.07) is 8.08. The maximum Gasteiger partial charge on any atom is 0.159 e. The first-order chi connectivity index (χ1) is 7.58. The molecule has 1 aromatic carbocycles. The molecule has 84 valence electrons. The van der Waals surface area contributed by atoms with E-state index in [0.717, 1.165) is 15.7 Å². The molecule has 0 unspecified atom stereocenters. The first kappa shape index (κ1) is 11.2. The highest BCUT2D eigenvalue weighted by atomic mass is 79.9. The molecule has 1 N–H and O–H groups in total. The van der Waals surface area contributed by atoms with E-state index >= 15 is 0 Å². The van der Waals surface area contributed by atoms with Crippen molar-refractivity contribution in [3.05, 3.63) is 45.7 Å². The minimum Gasteiger partial charge on any atom is -0.504 e. The van der Waals surface area contributed by atoms with Gasteiger partial charge >= 0.3 is 0 Å². The zero-order chi connectivity index (χ0) is 11.7. The third kappa shape index (κ3) is 2.11. The van der Waals surface area contributed by atoms with Crippen LogP contribution in [0.1, 0.15) is 17.0 Å². The van der Waals surface area contributed by atoms with E-state index in [2.05, 4.69) is 21.0 Å². The van der Waals surface area contributed by atoms with Crippen LogP contribution in [0.5, 0.6) is 5.75 Å². The number of rotatable bonds is 2. The van der Waals surface area contributed by atoms with Gasteiger partial charge in [-0.3, -0.25) is 4.68 Å². The van der Waals surface area contributed by atoms with Gasteiger partial charge in [0.15, 0.2) is 5.75 Å². The predicted molar refractivity (Wildman–Crippen MR) is 66.6 cm³/mol. The molecule has 1 aromatic heterocycles. The Kier molecular flexibility index (Phi) is 3.01. The molecule has 0 aliphatic rings. The fourth-order valence-electron chi connectivity index (χ4n) is 1.60. The zero-order valence-electron chi connectivity index (χ0n) is 9.24. The van der Waals surface area contributed by atoms with Crippen LogP contribution in [0.2, 0.25) is 0 Å². The van der Waals surface area contributed by atoms with Gasteiger partial charge in [-0.25, -0.2) is 0 Å². The van der Waals surface area contributed by atoms with Gasteiger partial charge in [-0.2, -0.15) is 5.10 Å². The van der Waals surface area contributed by atoms with Gasteiger partial charge in [0.05, 0.1) is 12.2 Å². The lowest BCUT2D eigenvalue weighted by atomic mass is 10.2. The monoisotopic (exact) mass is 280 g/mol. The Morgan fingerprint density at radius 3 is 2.38 bits per heavy atom. The summed E-state index contributed by atoms with van der Waals surface area (Å²) < 4.78 is 2.88. The number of halogens is 1. The third-order valence-electron chi connectivity index (χ3n) is 2.59. The fraction of sp³-hybridized carbons (Fsp3) is 0.250. The van der Waals surface area contributed by atoms with Crippen molar-refractivity contribution in [1.82, 2.24) is 9.78 Å². The standard InChI is InChI=1S/C12H13BrN2O/c1-8-12(16)9(2)15(14-8)7-10-3-5-11(13)6-4-10/h3-6,16H,7H2,1-2H3. The number of benzene rings is 1. The van der Waals surface area contributed by atoms with E-state index in [9.17, 15) is 5.11 Å². The lowest BCUT2D eigenvalue weighted by Gasteiger charge is -2.04. The maximum atomic E-state index is 9.66. The van der Waals surface area contributed by atoms with Crippen molar-refractivity contribution < 1.29 is 5.11 Å². The van der Waals surface area contributed by atoms with Gasteiger partial charge in [0.25, 0.3) is 0 Å². The van der Waals surface area contributed by atoms with Crippen molar-refractivity contribution in [3.63, 3.8) is 0 Å². The molecule has 0 radical (unpaired) electrons. The van der Waals surface area contributed by atoms with E-state index in [4.69, 9.17) is 0 Å². The fourth-order valence-corrected chi connectivity index (χ4v) is 1.87. The normalized spacial score (nSPS) is 10.7. The lowest BCUT2D eigenvalue weighted by Crippen LogP contribution is -2.03. The quantitative estimate of drug-likeness (QED) is 0.918. The van der Waals surface area contributed by atoms with Crippen LogP contribution in [0.15, 0.2) is 28.7 Å². The molecule has 1 heterocycles. The molecule has 0 spiro atoms. The average Bonchev–Trinajstić information content (AvgIpc) is 2.50. The number of nitrogens with zero attached hydrogens (tertiary/aromatic N) is 2. The molecule has 16 heavy (non-hydrogen) atoms. The van der Waals surface area contributed by atoms with Gasteiger partial charge in [0, 0.05) is 4.47 Å². The second-order valence-electron chi connectivity index (χ2n) is 3.80. The summed E-state index contributed by atoms with van der Waals surface area (Å²) in [5.41, 5.74) is 2.64. The molecule has 2 rings (SSSR count). The van der Waals surface area contributed by atoms with E-state index in [1.807, 2.05) is 35.9 Å². The highest BCUT2D eigenvalue weighted by molar-refractivity contribution is 9.10. The number of hydrogen-bond donors (Lipinski definition) is 1. The number of aromatic hydroxyl groups is 1. The minimum atomic E-state index is 0.289. The Hall–Kier alpha value is -1.29. The largest absolute Gasteiger partial charge is 0.504 e. The van der Waals surface area contributed by atoms with Gasteiger partial charge in [-0.15, -0.1) is 0 Å². The van der Waals surface area contributed by atoms with Gasteiger partial charge < -0.3 is 5.11 Å². The molecule has 3 nitrogen and oxygen atoms in total. The topological polar surface area (TPSA) is 38.0 Å². The molecule has 2 aromatic rings. The molecule has 0 bridgehead atoms. The zero-order valence-corrected chi connectivity index (χ0v) is 10.8. The van der Waals surface area contributed by atoms with Crippen molar-refractivity contribution >= 4 is 15.9 Å². The van der Waals surface area contributed by atoms with Crippen LogP contribution in [0, 0.1) is 13.8 Å². The summed E-state index contributed by atoms with van der Waals surface area (Å²) in [4.78, 5) is 0. The summed E-state index contributed by atoms with van der Waals surface area (Å²) >= 11 is 3.40. The number of hydrogen-bond acceptors (Lipinski definition) is 2. The maximum absolute atomic E-state index is 9.66. The Bertz CT molecular complexity index is 502. The second-order valence-corrected chi connectivity index (χ2v) is 4.72. The summed E-state index contributed by atoms with van der Waals surface area (Å²) in [7, 11) is 0. The van der Waals surface area contributed by atoms with Gasteiger partial charge in [-0.05, 0) is 31.5 Å². The summed E-state index contributed by atoms with van der Waals surface area (Å²) in [6.07, 6.45) is 0. The van der Waals surface area contributed by atoms with Crippen LogP contribution in [-0.2, 0) is 6.54 Å². The molecule has 0 atom stereocenters.